The first kappa shape index (κ1) is 20.3. The maximum Gasteiger partial charge on any atom is 0.305 e. The van der Waals surface area contributed by atoms with Crippen molar-refractivity contribution in [3.63, 3.8) is 0 Å². The molecule has 0 spiro atoms. The van der Waals surface area contributed by atoms with Crippen molar-refractivity contribution in [1.29, 1.82) is 0 Å². The molecule has 164 valence electrons. The van der Waals surface area contributed by atoms with Crippen LogP contribution < -0.4 is 4.74 Å². The number of rotatable bonds is 3. The Hall–Kier alpha value is -2.63. The number of hydrogen-bond acceptors (Lipinski definition) is 4. The molecule has 5 nitrogen and oxygen atoms in total. The first-order chi connectivity index (χ1) is 14.8. The normalized spacial score (nSPS) is 33.8. The van der Waals surface area contributed by atoms with Crippen LogP contribution in [0.15, 0.2) is 36.4 Å². The Morgan fingerprint density at radius 3 is 2.74 bits per heavy atom. The van der Waals surface area contributed by atoms with E-state index in [2.05, 4.69) is 13.8 Å². The van der Waals surface area contributed by atoms with E-state index in [1.165, 1.54) is 36.1 Å². The summed E-state index contributed by atoms with van der Waals surface area (Å²) in [5, 5.41) is 21.0. The Labute approximate surface area is 181 Å². The molecule has 3 aliphatic carbocycles. The Bertz CT molecular complexity index is 1040. The van der Waals surface area contributed by atoms with Gasteiger partial charge in [-0.25, -0.2) is 0 Å². The zero-order valence-corrected chi connectivity index (χ0v) is 17.9. The van der Waals surface area contributed by atoms with Crippen LogP contribution in [0.5, 0.6) is 11.5 Å². The first-order valence-electron chi connectivity index (χ1n) is 11.2. The standard InChI is InChI=1S/C25H28FNO4/c1-14-3-9-20-19-7-4-15-11-16(28)5-8-18(15)24(19)23(13-25(14,20)2)31-17-6-10-22(27(29)30)21(26)12-17/h5-6,8,10-12,14,19-20,23-24,28H,3-4,7,9,13H2,1-2H3/t14-,19-,20-,23-,24+,25+/m0/s1. The average molecular weight is 426 g/mol. The summed E-state index contributed by atoms with van der Waals surface area (Å²) in [7, 11) is 0. The van der Waals surface area contributed by atoms with Crippen LogP contribution in [0.3, 0.4) is 0 Å². The maximum absolute atomic E-state index is 14.3. The molecular formula is C25H28FNO4. The molecule has 0 saturated heterocycles. The molecule has 0 radical (unpaired) electrons. The second kappa shape index (κ2) is 7.21. The summed E-state index contributed by atoms with van der Waals surface area (Å²) >= 11 is 0. The molecule has 6 heteroatoms. The number of nitro groups is 1. The molecule has 0 aliphatic heterocycles. The second-order valence-corrected chi connectivity index (χ2v) is 9.93. The number of phenolic OH excluding ortho intramolecular Hbond substituents is 1. The highest BCUT2D eigenvalue weighted by molar-refractivity contribution is 5.42. The fraction of sp³-hybridized carbons (Fsp3) is 0.520. The number of phenols is 1. The summed E-state index contributed by atoms with van der Waals surface area (Å²) in [6.45, 7) is 4.71. The molecule has 0 amide bonds. The van der Waals surface area contributed by atoms with E-state index in [9.17, 15) is 19.6 Å². The van der Waals surface area contributed by atoms with E-state index in [0.29, 0.717) is 23.5 Å². The number of fused-ring (bicyclic) bond motifs is 5. The SMILES string of the molecule is C[C@H]1CC[C@H]2[C@@H]3CCc4cc(O)ccc4[C@H]3[C@@H](Oc3ccc([N+](=O)[O-])c(F)c3)C[C@]12C. The topological polar surface area (TPSA) is 72.6 Å². The van der Waals surface area contributed by atoms with Gasteiger partial charge in [-0.2, -0.15) is 4.39 Å². The van der Waals surface area contributed by atoms with Crippen LogP contribution in [0.25, 0.3) is 0 Å². The third kappa shape index (κ3) is 3.19. The summed E-state index contributed by atoms with van der Waals surface area (Å²) < 4.78 is 20.7. The van der Waals surface area contributed by atoms with Gasteiger partial charge in [0.05, 0.1) is 4.92 Å². The van der Waals surface area contributed by atoms with Gasteiger partial charge in [-0.15, -0.1) is 0 Å². The minimum absolute atomic E-state index is 0.142. The lowest BCUT2D eigenvalue weighted by molar-refractivity contribution is -0.387. The molecule has 2 aromatic rings. The van der Waals surface area contributed by atoms with Gasteiger partial charge in [-0.05, 0) is 84.6 Å². The average Bonchev–Trinajstić information content (AvgIpc) is 3.01. The fourth-order valence-electron chi connectivity index (χ4n) is 6.86. The number of nitrogens with zero attached hydrogens (tertiary/aromatic N) is 1. The molecule has 2 aromatic carbocycles. The first-order valence-corrected chi connectivity index (χ1v) is 11.2. The molecule has 0 unspecified atom stereocenters. The molecule has 2 fully saturated rings. The molecule has 1 N–H and O–H groups in total. The van der Waals surface area contributed by atoms with E-state index in [-0.39, 0.29) is 23.2 Å². The van der Waals surface area contributed by atoms with Gasteiger partial charge in [0.25, 0.3) is 0 Å². The van der Waals surface area contributed by atoms with Crippen molar-refractivity contribution in [1.82, 2.24) is 0 Å². The van der Waals surface area contributed by atoms with Gasteiger partial charge in [-0.3, -0.25) is 10.1 Å². The highest BCUT2D eigenvalue weighted by Crippen LogP contribution is 2.63. The summed E-state index contributed by atoms with van der Waals surface area (Å²) in [6.07, 6.45) is 5.18. The Kier molecular flexibility index (Phi) is 4.72. The van der Waals surface area contributed by atoms with Gasteiger partial charge in [0.15, 0.2) is 0 Å². The van der Waals surface area contributed by atoms with Gasteiger partial charge < -0.3 is 9.84 Å². The van der Waals surface area contributed by atoms with Crippen LogP contribution in [0.1, 0.15) is 56.6 Å². The van der Waals surface area contributed by atoms with E-state index in [4.69, 9.17) is 4.74 Å². The van der Waals surface area contributed by atoms with E-state index in [0.717, 1.165) is 25.3 Å². The molecule has 0 bridgehead atoms. The van der Waals surface area contributed by atoms with Crippen molar-refractivity contribution in [2.45, 2.75) is 58.0 Å². The number of aromatic hydroxyl groups is 1. The minimum Gasteiger partial charge on any atom is -0.508 e. The summed E-state index contributed by atoms with van der Waals surface area (Å²) in [5.74, 6) is 1.62. The molecule has 0 heterocycles. The molecule has 6 atom stereocenters. The zero-order valence-electron chi connectivity index (χ0n) is 17.9. The van der Waals surface area contributed by atoms with Crippen molar-refractivity contribution in [2.75, 3.05) is 0 Å². The Morgan fingerprint density at radius 1 is 1.19 bits per heavy atom. The maximum atomic E-state index is 14.3. The highest BCUT2D eigenvalue weighted by Gasteiger charge is 2.57. The quantitative estimate of drug-likeness (QED) is 0.484. The van der Waals surface area contributed by atoms with Crippen LogP contribution >= 0.6 is 0 Å². The monoisotopic (exact) mass is 425 g/mol. The second-order valence-electron chi connectivity index (χ2n) is 9.93. The molecule has 5 rings (SSSR count). The van der Waals surface area contributed by atoms with Crippen LogP contribution in [0.4, 0.5) is 10.1 Å². The van der Waals surface area contributed by atoms with E-state index in [1.807, 2.05) is 12.1 Å². The lowest BCUT2D eigenvalue weighted by atomic mass is 9.53. The third-order valence-electron chi connectivity index (χ3n) is 8.54. The summed E-state index contributed by atoms with van der Waals surface area (Å²) in [5.41, 5.74) is 2.02. The minimum atomic E-state index is -0.873. The lowest BCUT2D eigenvalue weighted by Gasteiger charge is -2.53. The van der Waals surface area contributed by atoms with Crippen LogP contribution in [-0.4, -0.2) is 16.1 Å². The zero-order chi connectivity index (χ0) is 21.9. The van der Waals surface area contributed by atoms with Crippen molar-refractivity contribution in [3.8, 4) is 11.5 Å². The number of hydrogen-bond donors (Lipinski definition) is 1. The largest absolute Gasteiger partial charge is 0.508 e. The van der Waals surface area contributed by atoms with Crippen LogP contribution in [-0.2, 0) is 6.42 Å². The number of ether oxygens (including phenoxy) is 1. The fourth-order valence-corrected chi connectivity index (χ4v) is 6.86. The summed E-state index contributed by atoms with van der Waals surface area (Å²) in [6, 6.07) is 9.45. The van der Waals surface area contributed by atoms with Crippen molar-refractivity contribution in [2.24, 2.45) is 23.2 Å². The molecule has 0 aromatic heterocycles. The van der Waals surface area contributed by atoms with E-state index in [1.54, 1.807) is 6.07 Å². The van der Waals surface area contributed by atoms with Gasteiger partial charge in [-0.1, -0.05) is 19.9 Å². The molecule has 2 saturated carbocycles. The summed E-state index contributed by atoms with van der Waals surface area (Å²) in [4.78, 5) is 10.3. The van der Waals surface area contributed by atoms with Crippen molar-refractivity contribution < 1.29 is 19.2 Å². The predicted molar refractivity (Wildman–Crippen MR) is 115 cm³/mol. The van der Waals surface area contributed by atoms with Crippen LogP contribution in [0, 0.1) is 39.1 Å². The number of benzene rings is 2. The molecule has 31 heavy (non-hydrogen) atoms. The highest BCUT2D eigenvalue weighted by atomic mass is 19.1. The number of halogens is 1. The molecular weight excluding hydrogens is 397 g/mol. The Balaban J connectivity index is 1.55. The van der Waals surface area contributed by atoms with Crippen molar-refractivity contribution >= 4 is 5.69 Å². The van der Waals surface area contributed by atoms with Gasteiger partial charge >= 0.3 is 5.69 Å². The predicted octanol–water partition coefficient (Wildman–Crippen LogP) is 5.99. The van der Waals surface area contributed by atoms with Crippen molar-refractivity contribution in [3.05, 3.63) is 63.5 Å². The van der Waals surface area contributed by atoms with E-state index >= 15 is 0 Å². The van der Waals surface area contributed by atoms with Gasteiger partial charge in [0.1, 0.15) is 17.6 Å². The molecule has 3 aliphatic rings. The number of nitro benzene ring substituents is 1. The van der Waals surface area contributed by atoms with Gasteiger partial charge in [0, 0.05) is 18.1 Å². The smallest absolute Gasteiger partial charge is 0.305 e. The lowest BCUT2D eigenvalue weighted by Crippen LogP contribution is -2.50. The third-order valence-corrected chi connectivity index (χ3v) is 8.54. The number of aryl methyl sites for hydroxylation is 1. The van der Waals surface area contributed by atoms with E-state index < -0.39 is 16.4 Å². The Morgan fingerprint density at radius 2 is 2.00 bits per heavy atom. The van der Waals surface area contributed by atoms with Gasteiger partial charge in [0.2, 0.25) is 5.82 Å². The van der Waals surface area contributed by atoms with Crippen LogP contribution in [0.2, 0.25) is 0 Å².